The standard InChI is InChI=1S/C14H20ClNO3/c15-12-2-3-14-11(8-12)9-13(19-14)10-16-4-1-6-18-7-5-17/h2-3,8,13,16-17H,1,4-7,9-10H2. The first-order chi connectivity index (χ1) is 9.29. The van der Waals surface area contributed by atoms with Gasteiger partial charge in [0.2, 0.25) is 0 Å². The fourth-order valence-electron chi connectivity index (χ4n) is 2.13. The van der Waals surface area contributed by atoms with E-state index in [9.17, 15) is 0 Å². The molecule has 0 saturated heterocycles. The van der Waals surface area contributed by atoms with Crippen LogP contribution in [0.2, 0.25) is 5.02 Å². The number of halogens is 1. The van der Waals surface area contributed by atoms with Crippen molar-refractivity contribution in [3.05, 3.63) is 28.8 Å². The molecule has 1 aliphatic rings. The molecule has 1 heterocycles. The third-order valence-corrected chi connectivity index (χ3v) is 3.25. The average molecular weight is 286 g/mol. The van der Waals surface area contributed by atoms with Gasteiger partial charge in [-0.15, -0.1) is 0 Å². The maximum absolute atomic E-state index is 8.55. The van der Waals surface area contributed by atoms with Crippen LogP contribution in [0.1, 0.15) is 12.0 Å². The highest BCUT2D eigenvalue weighted by Crippen LogP contribution is 2.30. The monoisotopic (exact) mass is 285 g/mol. The molecule has 19 heavy (non-hydrogen) atoms. The van der Waals surface area contributed by atoms with Crippen molar-refractivity contribution < 1.29 is 14.6 Å². The molecular formula is C14H20ClNO3. The highest BCUT2D eigenvalue weighted by molar-refractivity contribution is 6.30. The number of fused-ring (bicyclic) bond motifs is 1. The Morgan fingerprint density at radius 2 is 2.32 bits per heavy atom. The number of benzene rings is 1. The lowest BCUT2D eigenvalue weighted by molar-refractivity contribution is 0.0903. The zero-order chi connectivity index (χ0) is 13.5. The molecule has 5 heteroatoms. The first-order valence-electron chi connectivity index (χ1n) is 6.64. The maximum atomic E-state index is 8.55. The Morgan fingerprint density at radius 3 is 3.16 bits per heavy atom. The van der Waals surface area contributed by atoms with Gasteiger partial charge in [-0.2, -0.15) is 0 Å². The predicted octanol–water partition coefficient (Wildman–Crippen LogP) is 1.63. The van der Waals surface area contributed by atoms with Crippen LogP contribution in [-0.2, 0) is 11.2 Å². The van der Waals surface area contributed by atoms with E-state index in [1.54, 1.807) is 0 Å². The minimum Gasteiger partial charge on any atom is -0.488 e. The second kappa shape index (κ2) is 7.70. The van der Waals surface area contributed by atoms with Gasteiger partial charge in [0, 0.05) is 24.6 Å². The van der Waals surface area contributed by atoms with Crippen LogP contribution in [0, 0.1) is 0 Å². The number of aliphatic hydroxyl groups is 1. The van der Waals surface area contributed by atoms with Gasteiger partial charge in [0.15, 0.2) is 0 Å². The van der Waals surface area contributed by atoms with E-state index in [4.69, 9.17) is 26.2 Å². The Labute approximate surface area is 118 Å². The van der Waals surface area contributed by atoms with Gasteiger partial charge >= 0.3 is 0 Å². The minimum atomic E-state index is 0.0875. The number of rotatable bonds is 8. The Bertz CT molecular complexity index is 400. The summed E-state index contributed by atoms with van der Waals surface area (Å²) in [5.74, 6) is 0.947. The van der Waals surface area contributed by atoms with Gasteiger partial charge in [0.25, 0.3) is 0 Å². The number of nitrogens with one attached hydrogen (secondary N) is 1. The van der Waals surface area contributed by atoms with Gasteiger partial charge in [0.05, 0.1) is 13.2 Å². The Kier molecular flexibility index (Phi) is 5.92. The lowest BCUT2D eigenvalue weighted by atomic mass is 10.1. The van der Waals surface area contributed by atoms with Crippen molar-refractivity contribution in [2.24, 2.45) is 0 Å². The van der Waals surface area contributed by atoms with E-state index >= 15 is 0 Å². The lowest BCUT2D eigenvalue weighted by Crippen LogP contribution is -2.31. The Hall–Kier alpha value is -0.810. The lowest BCUT2D eigenvalue weighted by Gasteiger charge is -2.11. The van der Waals surface area contributed by atoms with E-state index in [0.717, 1.165) is 36.7 Å². The van der Waals surface area contributed by atoms with Gasteiger partial charge < -0.3 is 19.9 Å². The highest BCUT2D eigenvalue weighted by Gasteiger charge is 2.22. The van der Waals surface area contributed by atoms with Gasteiger partial charge in [0.1, 0.15) is 11.9 Å². The average Bonchev–Trinajstić information content (AvgIpc) is 2.79. The van der Waals surface area contributed by atoms with Crippen molar-refractivity contribution in [2.75, 3.05) is 32.9 Å². The van der Waals surface area contributed by atoms with E-state index in [1.807, 2.05) is 18.2 Å². The van der Waals surface area contributed by atoms with Crippen molar-refractivity contribution in [3.8, 4) is 5.75 Å². The van der Waals surface area contributed by atoms with Crippen LogP contribution in [0.5, 0.6) is 5.75 Å². The summed E-state index contributed by atoms with van der Waals surface area (Å²) in [5, 5.41) is 12.7. The predicted molar refractivity (Wildman–Crippen MR) is 75.0 cm³/mol. The summed E-state index contributed by atoms with van der Waals surface area (Å²) in [6.07, 6.45) is 2.03. The van der Waals surface area contributed by atoms with Crippen LogP contribution in [0.4, 0.5) is 0 Å². The fraction of sp³-hybridized carbons (Fsp3) is 0.571. The van der Waals surface area contributed by atoms with E-state index in [-0.39, 0.29) is 12.7 Å². The smallest absolute Gasteiger partial charge is 0.123 e. The summed E-state index contributed by atoms with van der Waals surface area (Å²) < 4.78 is 11.0. The molecule has 0 radical (unpaired) electrons. The molecule has 0 fully saturated rings. The van der Waals surface area contributed by atoms with Crippen LogP contribution < -0.4 is 10.1 Å². The molecule has 2 N–H and O–H groups in total. The van der Waals surface area contributed by atoms with Gasteiger partial charge in [-0.1, -0.05) is 11.6 Å². The highest BCUT2D eigenvalue weighted by atomic mass is 35.5. The van der Waals surface area contributed by atoms with E-state index in [2.05, 4.69) is 5.32 Å². The first-order valence-corrected chi connectivity index (χ1v) is 7.02. The van der Waals surface area contributed by atoms with Crippen molar-refractivity contribution in [1.29, 1.82) is 0 Å². The molecule has 0 spiro atoms. The van der Waals surface area contributed by atoms with Crippen molar-refractivity contribution >= 4 is 11.6 Å². The molecule has 1 aromatic rings. The molecular weight excluding hydrogens is 266 g/mol. The summed E-state index contributed by atoms with van der Waals surface area (Å²) >= 11 is 5.96. The zero-order valence-corrected chi connectivity index (χ0v) is 11.7. The van der Waals surface area contributed by atoms with Crippen molar-refractivity contribution in [3.63, 3.8) is 0 Å². The third-order valence-electron chi connectivity index (χ3n) is 3.01. The van der Waals surface area contributed by atoms with E-state index in [0.29, 0.717) is 13.2 Å². The molecule has 1 atom stereocenters. The van der Waals surface area contributed by atoms with Crippen LogP contribution in [0.25, 0.3) is 0 Å². The topological polar surface area (TPSA) is 50.7 Å². The molecule has 1 unspecified atom stereocenters. The quantitative estimate of drug-likeness (QED) is 0.713. The molecule has 1 aromatic carbocycles. The molecule has 0 saturated carbocycles. The SMILES string of the molecule is OCCOCCCNCC1Cc2cc(Cl)ccc2O1. The zero-order valence-electron chi connectivity index (χ0n) is 10.9. The van der Waals surface area contributed by atoms with Gasteiger partial charge in [-0.25, -0.2) is 0 Å². The van der Waals surface area contributed by atoms with Crippen LogP contribution in [0.3, 0.4) is 0 Å². The summed E-state index contributed by atoms with van der Waals surface area (Å²) in [6, 6.07) is 5.76. The molecule has 4 nitrogen and oxygen atoms in total. The third kappa shape index (κ3) is 4.66. The second-order valence-electron chi connectivity index (χ2n) is 4.59. The van der Waals surface area contributed by atoms with Crippen LogP contribution in [-0.4, -0.2) is 44.1 Å². The molecule has 0 aromatic heterocycles. The molecule has 2 rings (SSSR count). The molecule has 0 amide bonds. The summed E-state index contributed by atoms with van der Waals surface area (Å²) in [4.78, 5) is 0. The number of hydrogen-bond acceptors (Lipinski definition) is 4. The number of aliphatic hydroxyl groups excluding tert-OH is 1. The number of hydrogen-bond donors (Lipinski definition) is 2. The molecule has 106 valence electrons. The van der Waals surface area contributed by atoms with Crippen LogP contribution in [0.15, 0.2) is 18.2 Å². The number of ether oxygens (including phenoxy) is 2. The fourth-order valence-corrected chi connectivity index (χ4v) is 2.33. The Balaban J connectivity index is 1.59. The summed E-state index contributed by atoms with van der Waals surface area (Å²) in [5.41, 5.74) is 1.19. The Morgan fingerprint density at radius 1 is 1.42 bits per heavy atom. The van der Waals surface area contributed by atoms with Crippen LogP contribution >= 0.6 is 11.6 Å². The second-order valence-corrected chi connectivity index (χ2v) is 5.03. The van der Waals surface area contributed by atoms with E-state index in [1.165, 1.54) is 5.56 Å². The normalized spacial score (nSPS) is 17.3. The summed E-state index contributed by atoms with van der Waals surface area (Å²) in [6.45, 7) is 2.90. The molecule has 0 bridgehead atoms. The minimum absolute atomic E-state index is 0.0875. The largest absolute Gasteiger partial charge is 0.488 e. The summed E-state index contributed by atoms with van der Waals surface area (Å²) in [7, 11) is 0. The molecule has 0 aliphatic carbocycles. The van der Waals surface area contributed by atoms with Crippen molar-refractivity contribution in [1.82, 2.24) is 5.32 Å². The maximum Gasteiger partial charge on any atom is 0.123 e. The van der Waals surface area contributed by atoms with Gasteiger partial charge in [-0.05, 0) is 36.7 Å². The first kappa shape index (κ1) is 14.6. The van der Waals surface area contributed by atoms with Crippen molar-refractivity contribution in [2.45, 2.75) is 18.9 Å². The molecule has 1 aliphatic heterocycles. The van der Waals surface area contributed by atoms with E-state index < -0.39 is 0 Å². The van der Waals surface area contributed by atoms with Gasteiger partial charge in [-0.3, -0.25) is 0 Å².